The largest absolute Gasteiger partial charge is 0.333 e. The van der Waals surface area contributed by atoms with E-state index in [0.29, 0.717) is 25.2 Å². The van der Waals surface area contributed by atoms with Crippen molar-refractivity contribution in [1.82, 2.24) is 15.2 Å². The lowest BCUT2D eigenvalue weighted by Gasteiger charge is -2.37. The zero-order valence-corrected chi connectivity index (χ0v) is 15.9. The van der Waals surface area contributed by atoms with E-state index in [-0.39, 0.29) is 36.6 Å². The second-order valence-corrected chi connectivity index (χ2v) is 6.57. The van der Waals surface area contributed by atoms with Crippen LogP contribution < -0.4 is 5.32 Å². The summed E-state index contributed by atoms with van der Waals surface area (Å²) in [5, 5.41) is 3.30. The Morgan fingerprint density at radius 1 is 1.33 bits per heavy atom. The standard InChI is InChI=1S/C20H22FN3O2.ClH/c1-14(20(26)15-4-2-6-17(21)11-15)10-19(25)24-9-8-23-13-18(24)16-5-3-7-22-12-16;/h2-7,11-12,14,18,23H,8-10,13H2,1H3;1H. The molecule has 0 bridgehead atoms. The lowest BCUT2D eigenvalue weighted by molar-refractivity contribution is -0.135. The van der Waals surface area contributed by atoms with Crippen LogP contribution in [0.25, 0.3) is 0 Å². The summed E-state index contributed by atoms with van der Waals surface area (Å²) in [6, 6.07) is 9.30. The first-order valence-corrected chi connectivity index (χ1v) is 8.76. The molecule has 1 amide bonds. The topological polar surface area (TPSA) is 62.3 Å². The van der Waals surface area contributed by atoms with Crippen LogP contribution in [0.3, 0.4) is 0 Å². The van der Waals surface area contributed by atoms with Gasteiger partial charge in [0.05, 0.1) is 6.04 Å². The summed E-state index contributed by atoms with van der Waals surface area (Å²) in [7, 11) is 0. The average molecular weight is 392 g/mol. The lowest BCUT2D eigenvalue weighted by atomic mass is 9.95. The van der Waals surface area contributed by atoms with Crippen molar-refractivity contribution in [3.8, 4) is 0 Å². The van der Waals surface area contributed by atoms with Gasteiger partial charge in [-0.2, -0.15) is 0 Å². The van der Waals surface area contributed by atoms with Gasteiger partial charge in [0.1, 0.15) is 5.82 Å². The molecule has 2 heterocycles. The highest BCUT2D eigenvalue weighted by atomic mass is 35.5. The van der Waals surface area contributed by atoms with Crippen molar-refractivity contribution < 1.29 is 14.0 Å². The van der Waals surface area contributed by atoms with Crippen LogP contribution in [0.1, 0.15) is 35.3 Å². The number of nitrogens with one attached hydrogen (secondary N) is 1. The summed E-state index contributed by atoms with van der Waals surface area (Å²) in [6.07, 6.45) is 3.57. The highest BCUT2D eigenvalue weighted by Gasteiger charge is 2.30. The number of piperazine rings is 1. The number of rotatable bonds is 5. The molecule has 1 aromatic heterocycles. The van der Waals surface area contributed by atoms with Crippen LogP contribution >= 0.6 is 12.4 Å². The first kappa shape index (κ1) is 21.0. The fraction of sp³-hybridized carbons (Fsp3) is 0.350. The van der Waals surface area contributed by atoms with Crippen LogP contribution in [0.5, 0.6) is 0 Å². The number of aromatic nitrogens is 1. The molecule has 0 spiro atoms. The molecule has 144 valence electrons. The smallest absolute Gasteiger partial charge is 0.223 e. The van der Waals surface area contributed by atoms with Crippen molar-refractivity contribution in [1.29, 1.82) is 0 Å². The Morgan fingerprint density at radius 3 is 2.85 bits per heavy atom. The van der Waals surface area contributed by atoms with Crippen LogP contribution in [-0.2, 0) is 4.79 Å². The molecule has 3 rings (SSSR count). The van der Waals surface area contributed by atoms with Gasteiger partial charge in [-0.25, -0.2) is 4.39 Å². The molecule has 2 aromatic rings. The Morgan fingerprint density at radius 2 is 2.15 bits per heavy atom. The highest BCUT2D eigenvalue weighted by Crippen LogP contribution is 2.24. The Bertz CT molecular complexity index is 788. The zero-order valence-electron chi connectivity index (χ0n) is 15.1. The monoisotopic (exact) mass is 391 g/mol. The molecule has 1 aromatic carbocycles. The predicted molar refractivity (Wildman–Crippen MR) is 103 cm³/mol. The molecule has 7 heteroatoms. The van der Waals surface area contributed by atoms with Gasteiger partial charge >= 0.3 is 0 Å². The van der Waals surface area contributed by atoms with Crippen molar-refractivity contribution in [3.05, 3.63) is 65.7 Å². The second-order valence-electron chi connectivity index (χ2n) is 6.57. The number of ketones is 1. The third kappa shape index (κ3) is 5.11. The molecule has 1 aliphatic heterocycles. The van der Waals surface area contributed by atoms with Gasteiger partial charge in [0.2, 0.25) is 5.91 Å². The van der Waals surface area contributed by atoms with Gasteiger partial charge in [-0.15, -0.1) is 12.4 Å². The normalized spacial score (nSPS) is 17.7. The summed E-state index contributed by atoms with van der Waals surface area (Å²) in [5.74, 6) is -1.25. The summed E-state index contributed by atoms with van der Waals surface area (Å²) < 4.78 is 13.3. The van der Waals surface area contributed by atoms with E-state index < -0.39 is 11.7 Å². The van der Waals surface area contributed by atoms with Crippen molar-refractivity contribution >= 4 is 24.1 Å². The molecule has 27 heavy (non-hydrogen) atoms. The Balaban J connectivity index is 0.00000261. The van der Waals surface area contributed by atoms with Gasteiger partial charge in [-0.1, -0.05) is 25.1 Å². The third-order valence-electron chi connectivity index (χ3n) is 4.67. The van der Waals surface area contributed by atoms with E-state index in [1.165, 1.54) is 18.2 Å². The molecule has 1 saturated heterocycles. The number of carbonyl (C=O) groups excluding carboxylic acids is 2. The van der Waals surface area contributed by atoms with Crippen molar-refractivity contribution in [3.63, 3.8) is 0 Å². The van der Waals surface area contributed by atoms with Crippen molar-refractivity contribution in [2.45, 2.75) is 19.4 Å². The predicted octanol–water partition coefficient (Wildman–Crippen LogP) is 3.02. The minimum Gasteiger partial charge on any atom is -0.333 e. The number of hydrogen-bond donors (Lipinski definition) is 1. The number of amides is 1. The summed E-state index contributed by atoms with van der Waals surface area (Å²) in [6.45, 7) is 3.67. The molecule has 1 fully saturated rings. The summed E-state index contributed by atoms with van der Waals surface area (Å²) in [4.78, 5) is 31.3. The number of carbonyl (C=O) groups is 2. The quantitative estimate of drug-likeness (QED) is 0.796. The van der Waals surface area contributed by atoms with Gasteiger partial charge in [-0.05, 0) is 23.8 Å². The van der Waals surface area contributed by atoms with E-state index in [9.17, 15) is 14.0 Å². The van der Waals surface area contributed by atoms with E-state index in [1.807, 2.05) is 17.0 Å². The molecule has 5 nitrogen and oxygen atoms in total. The number of halogens is 2. The van der Waals surface area contributed by atoms with Crippen LogP contribution in [-0.4, -0.2) is 41.2 Å². The number of hydrogen-bond acceptors (Lipinski definition) is 4. The maximum Gasteiger partial charge on any atom is 0.223 e. The maximum atomic E-state index is 13.3. The van der Waals surface area contributed by atoms with Crippen molar-refractivity contribution in [2.75, 3.05) is 19.6 Å². The lowest BCUT2D eigenvalue weighted by Crippen LogP contribution is -2.49. The van der Waals surface area contributed by atoms with Crippen LogP contribution in [0.4, 0.5) is 4.39 Å². The third-order valence-corrected chi connectivity index (χ3v) is 4.67. The summed E-state index contributed by atoms with van der Waals surface area (Å²) in [5.41, 5.74) is 1.27. The molecular weight excluding hydrogens is 369 g/mol. The number of Topliss-reactive ketones (excluding diaryl/α,β-unsaturated/α-hetero) is 1. The van der Waals surface area contributed by atoms with Crippen molar-refractivity contribution in [2.24, 2.45) is 5.92 Å². The van der Waals surface area contributed by atoms with E-state index in [2.05, 4.69) is 10.3 Å². The SMILES string of the molecule is CC(CC(=O)N1CCNCC1c1cccnc1)C(=O)c1cccc(F)c1.Cl. The number of pyridine rings is 1. The fourth-order valence-electron chi connectivity index (χ4n) is 3.27. The van der Waals surface area contributed by atoms with Crippen LogP contribution in [0.15, 0.2) is 48.8 Å². The minimum atomic E-state index is -0.506. The Hall–Kier alpha value is -2.31. The van der Waals surface area contributed by atoms with Gasteiger partial charge in [0, 0.05) is 49.9 Å². The van der Waals surface area contributed by atoms with Gasteiger partial charge in [0.25, 0.3) is 0 Å². The Labute approximate surface area is 164 Å². The fourth-order valence-corrected chi connectivity index (χ4v) is 3.27. The molecule has 2 unspecified atom stereocenters. The maximum absolute atomic E-state index is 13.3. The first-order chi connectivity index (χ1) is 12.6. The average Bonchev–Trinajstić information content (AvgIpc) is 2.68. The minimum absolute atomic E-state index is 0. The second kappa shape index (κ2) is 9.58. The van der Waals surface area contributed by atoms with Gasteiger partial charge in [-0.3, -0.25) is 14.6 Å². The highest BCUT2D eigenvalue weighted by molar-refractivity contribution is 5.99. The molecule has 1 aliphatic rings. The molecule has 2 atom stereocenters. The molecular formula is C20H23ClFN3O2. The number of benzene rings is 1. The first-order valence-electron chi connectivity index (χ1n) is 8.76. The van der Waals surface area contributed by atoms with Gasteiger partial charge in [0.15, 0.2) is 5.78 Å². The number of nitrogens with zero attached hydrogens (tertiary/aromatic N) is 2. The van der Waals surface area contributed by atoms with E-state index >= 15 is 0 Å². The molecule has 0 radical (unpaired) electrons. The van der Waals surface area contributed by atoms with Gasteiger partial charge < -0.3 is 10.2 Å². The van der Waals surface area contributed by atoms with Crippen LogP contribution in [0.2, 0.25) is 0 Å². The summed E-state index contributed by atoms with van der Waals surface area (Å²) >= 11 is 0. The molecule has 1 N–H and O–H groups in total. The van der Waals surface area contributed by atoms with E-state index in [0.717, 1.165) is 5.56 Å². The van der Waals surface area contributed by atoms with E-state index in [4.69, 9.17) is 0 Å². The Kier molecular flexibility index (Phi) is 7.45. The van der Waals surface area contributed by atoms with Crippen LogP contribution in [0, 0.1) is 11.7 Å². The van der Waals surface area contributed by atoms with E-state index in [1.54, 1.807) is 25.4 Å². The zero-order chi connectivity index (χ0) is 18.5. The molecule has 0 saturated carbocycles. The molecule has 0 aliphatic carbocycles.